The smallest absolute Gasteiger partial charge is 0.103 e. The van der Waals surface area contributed by atoms with E-state index in [0.29, 0.717) is 5.84 Å². The molecule has 0 saturated carbocycles. The molecule has 0 fully saturated rings. The first kappa shape index (κ1) is 11.8. The Labute approximate surface area is 96.3 Å². The Morgan fingerprint density at radius 3 is 2.60 bits per heavy atom. The van der Waals surface area contributed by atoms with E-state index in [0.717, 1.165) is 6.42 Å². The molecular formula is C12H15ClN2. The van der Waals surface area contributed by atoms with Crippen LogP contribution in [0.1, 0.15) is 22.3 Å². The fourth-order valence-corrected chi connectivity index (χ4v) is 1.79. The zero-order valence-corrected chi connectivity index (χ0v) is 9.77. The van der Waals surface area contributed by atoms with Gasteiger partial charge in [-0.25, -0.2) is 4.99 Å². The van der Waals surface area contributed by atoms with Crippen molar-refractivity contribution in [2.45, 2.75) is 20.3 Å². The third kappa shape index (κ3) is 2.21. The molecule has 0 aromatic heterocycles. The van der Waals surface area contributed by atoms with Crippen molar-refractivity contribution in [3.63, 3.8) is 0 Å². The van der Waals surface area contributed by atoms with Crippen molar-refractivity contribution < 1.29 is 0 Å². The lowest BCUT2D eigenvalue weighted by Gasteiger charge is -2.10. The fourth-order valence-electron chi connectivity index (χ4n) is 1.79. The summed E-state index contributed by atoms with van der Waals surface area (Å²) in [6, 6.07) is 4.28. The van der Waals surface area contributed by atoms with Gasteiger partial charge in [0.05, 0.1) is 0 Å². The molecule has 1 aliphatic heterocycles. The summed E-state index contributed by atoms with van der Waals surface area (Å²) in [5.74, 6) is 0.689. The number of hydrogen-bond donors (Lipinski definition) is 1. The molecule has 1 heterocycles. The van der Waals surface area contributed by atoms with Crippen molar-refractivity contribution in [2.24, 2.45) is 10.7 Å². The van der Waals surface area contributed by atoms with Gasteiger partial charge in [-0.2, -0.15) is 0 Å². The number of hydrogen-bond acceptors (Lipinski definition) is 2. The van der Waals surface area contributed by atoms with Gasteiger partial charge >= 0.3 is 0 Å². The molecule has 0 aliphatic carbocycles. The zero-order valence-electron chi connectivity index (χ0n) is 8.95. The number of halogens is 1. The molecule has 2 N–H and O–H groups in total. The number of aryl methyl sites for hydroxylation is 2. The van der Waals surface area contributed by atoms with Gasteiger partial charge in [-0.1, -0.05) is 12.1 Å². The highest BCUT2D eigenvalue weighted by Crippen LogP contribution is 2.22. The minimum Gasteiger partial charge on any atom is -0.387 e. The number of nitrogens with two attached hydrogens (primary N) is 1. The summed E-state index contributed by atoms with van der Waals surface area (Å²) in [7, 11) is 0. The zero-order chi connectivity index (χ0) is 10.1. The van der Waals surface area contributed by atoms with E-state index in [2.05, 4.69) is 31.0 Å². The second-order valence-electron chi connectivity index (χ2n) is 3.70. The Balaban J connectivity index is 0.00000112. The third-order valence-electron chi connectivity index (χ3n) is 2.65. The van der Waals surface area contributed by atoms with Crippen LogP contribution in [-0.2, 0) is 6.42 Å². The van der Waals surface area contributed by atoms with Gasteiger partial charge in [-0.15, -0.1) is 12.4 Å². The lowest BCUT2D eigenvalue weighted by molar-refractivity contribution is 1.20. The van der Waals surface area contributed by atoms with Crippen molar-refractivity contribution in [3.05, 3.63) is 40.6 Å². The van der Waals surface area contributed by atoms with E-state index in [1.54, 1.807) is 6.20 Å². The number of amidine groups is 1. The summed E-state index contributed by atoms with van der Waals surface area (Å²) in [4.78, 5) is 4.13. The molecule has 2 nitrogen and oxygen atoms in total. The van der Waals surface area contributed by atoms with Gasteiger partial charge in [0.25, 0.3) is 0 Å². The van der Waals surface area contributed by atoms with Crippen molar-refractivity contribution in [3.8, 4) is 0 Å². The Morgan fingerprint density at radius 2 is 1.87 bits per heavy atom. The molecule has 2 rings (SSSR count). The topological polar surface area (TPSA) is 38.4 Å². The molecule has 0 spiro atoms. The minimum atomic E-state index is 0. The van der Waals surface area contributed by atoms with Gasteiger partial charge in [-0.05, 0) is 42.2 Å². The Bertz CT molecular complexity index is 433. The predicted octanol–water partition coefficient (Wildman–Crippen LogP) is 2.61. The Morgan fingerprint density at radius 1 is 1.20 bits per heavy atom. The highest BCUT2D eigenvalue weighted by atomic mass is 35.5. The van der Waals surface area contributed by atoms with Crippen molar-refractivity contribution in [2.75, 3.05) is 0 Å². The number of nitrogens with zero attached hydrogens (tertiary/aromatic N) is 1. The molecule has 15 heavy (non-hydrogen) atoms. The van der Waals surface area contributed by atoms with Crippen LogP contribution in [0.3, 0.4) is 0 Å². The first-order valence-electron chi connectivity index (χ1n) is 4.76. The summed E-state index contributed by atoms with van der Waals surface area (Å²) < 4.78 is 0. The monoisotopic (exact) mass is 222 g/mol. The second kappa shape index (κ2) is 4.49. The van der Waals surface area contributed by atoms with Crippen LogP contribution in [0.15, 0.2) is 23.3 Å². The molecule has 0 amide bonds. The van der Waals surface area contributed by atoms with E-state index in [4.69, 9.17) is 5.73 Å². The molecule has 3 heteroatoms. The van der Waals surface area contributed by atoms with E-state index in [1.165, 1.54) is 22.3 Å². The van der Waals surface area contributed by atoms with Crippen molar-refractivity contribution >= 4 is 24.3 Å². The fraction of sp³-hybridized carbons (Fsp3) is 0.250. The van der Waals surface area contributed by atoms with Gasteiger partial charge in [-0.3, -0.25) is 0 Å². The maximum absolute atomic E-state index is 5.77. The van der Waals surface area contributed by atoms with Crippen molar-refractivity contribution in [1.82, 2.24) is 0 Å². The lowest BCUT2D eigenvalue weighted by atomic mass is 9.95. The van der Waals surface area contributed by atoms with Gasteiger partial charge in [0.2, 0.25) is 0 Å². The summed E-state index contributed by atoms with van der Waals surface area (Å²) in [6.07, 6.45) is 4.58. The predicted molar refractivity (Wildman–Crippen MR) is 67.5 cm³/mol. The maximum Gasteiger partial charge on any atom is 0.103 e. The van der Waals surface area contributed by atoms with E-state index in [1.807, 2.05) is 6.08 Å². The number of aliphatic imine (C=N–C) groups is 1. The second-order valence-corrected chi connectivity index (χ2v) is 3.70. The van der Waals surface area contributed by atoms with Crippen LogP contribution >= 0.6 is 12.4 Å². The Hall–Kier alpha value is -1.28. The van der Waals surface area contributed by atoms with Crippen LogP contribution < -0.4 is 5.73 Å². The number of fused-ring (bicyclic) bond motifs is 1. The van der Waals surface area contributed by atoms with Gasteiger partial charge in [0.1, 0.15) is 5.84 Å². The van der Waals surface area contributed by atoms with Gasteiger partial charge in [0, 0.05) is 12.6 Å². The highest BCUT2D eigenvalue weighted by molar-refractivity contribution is 5.86. The maximum atomic E-state index is 5.77. The molecule has 0 unspecified atom stereocenters. The molecule has 0 atom stereocenters. The lowest BCUT2D eigenvalue weighted by Crippen LogP contribution is -2.15. The van der Waals surface area contributed by atoms with Crippen LogP contribution in [0.4, 0.5) is 0 Å². The summed E-state index contributed by atoms with van der Waals surface area (Å²) in [6.45, 7) is 4.23. The Kier molecular flexibility index (Phi) is 3.53. The van der Waals surface area contributed by atoms with Crippen LogP contribution in [-0.4, -0.2) is 5.84 Å². The molecule has 0 radical (unpaired) electrons. The van der Waals surface area contributed by atoms with Gasteiger partial charge in [0.15, 0.2) is 0 Å². The van der Waals surface area contributed by atoms with Crippen LogP contribution in [0.2, 0.25) is 0 Å². The molecule has 1 aliphatic rings. The minimum absolute atomic E-state index is 0. The standard InChI is InChI=1S/C12H14N2.ClH/c1-8-3-4-9(2)11-7-12(13)14-6-5-10(8)11;/h3-6H,7H2,1-2H3,(H2,13,14);1H. The first-order chi connectivity index (χ1) is 6.68. The van der Waals surface area contributed by atoms with Gasteiger partial charge < -0.3 is 5.73 Å². The molecule has 80 valence electrons. The van der Waals surface area contributed by atoms with E-state index in [9.17, 15) is 0 Å². The number of benzene rings is 1. The summed E-state index contributed by atoms with van der Waals surface area (Å²) in [5, 5.41) is 0. The molecule has 0 bridgehead atoms. The number of rotatable bonds is 0. The van der Waals surface area contributed by atoms with E-state index in [-0.39, 0.29) is 12.4 Å². The quantitative estimate of drug-likeness (QED) is 0.720. The summed E-state index contributed by atoms with van der Waals surface area (Å²) >= 11 is 0. The average molecular weight is 223 g/mol. The van der Waals surface area contributed by atoms with E-state index < -0.39 is 0 Å². The third-order valence-corrected chi connectivity index (χ3v) is 2.65. The van der Waals surface area contributed by atoms with Crippen molar-refractivity contribution in [1.29, 1.82) is 0 Å². The highest BCUT2D eigenvalue weighted by Gasteiger charge is 2.09. The largest absolute Gasteiger partial charge is 0.387 e. The molecule has 1 aromatic carbocycles. The van der Waals surface area contributed by atoms with E-state index >= 15 is 0 Å². The molecule has 1 aromatic rings. The molecule has 0 saturated heterocycles. The van der Waals surface area contributed by atoms with Crippen LogP contribution in [0.25, 0.3) is 6.08 Å². The average Bonchev–Trinajstić information content (AvgIpc) is 2.34. The molecular weight excluding hydrogens is 208 g/mol. The summed E-state index contributed by atoms with van der Waals surface area (Å²) in [5.41, 5.74) is 10.9. The SMILES string of the molecule is Cc1ccc(C)c2c1C=CN=C(N)C2.Cl. The first-order valence-corrected chi connectivity index (χ1v) is 4.76. The van der Waals surface area contributed by atoms with Crippen LogP contribution in [0, 0.1) is 13.8 Å². The van der Waals surface area contributed by atoms with Crippen LogP contribution in [0.5, 0.6) is 0 Å². The normalized spacial score (nSPS) is 13.6.